The first-order chi connectivity index (χ1) is 12.1. The highest BCUT2D eigenvalue weighted by molar-refractivity contribution is 5.92. The lowest BCUT2D eigenvalue weighted by Gasteiger charge is -2.27. The van der Waals surface area contributed by atoms with Crippen LogP contribution < -0.4 is 10.5 Å². The lowest BCUT2D eigenvalue weighted by Crippen LogP contribution is -2.35. The average molecular weight is 446 g/mol. The van der Waals surface area contributed by atoms with Crippen molar-refractivity contribution in [2.45, 2.75) is 51.2 Å². The zero-order valence-electron chi connectivity index (χ0n) is 16.0. The minimum absolute atomic E-state index is 0. The lowest BCUT2D eigenvalue weighted by atomic mass is 9.87. The van der Waals surface area contributed by atoms with Gasteiger partial charge in [0.2, 0.25) is 0 Å². The number of aromatic amines is 1. The third-order valence-electron chi connectivity index (χ3n) is 5.26. The first kappa shape index (κ1) is 24.5. The molecule has 3 aromatic rings. The zero-order chi connectivity index (χ0) is 17.4. The Labute approximate surface area is 184 Å². The van der Waals surface area contributed by atoms with Crippen LogP contribution in [0, 0.1) is 0 Å². The molecule has 1 aliphatic rings. The van der Waals surface area contributed by atoms with E-state index in [0.29, 0.717) is 6.10 Å². The molecule has 0 unspecified atom stereocenters. The highest BCUT2D eigenvalue weighted by Gasteiger charge is 2.27. The normalized spacial score (nSPS) is 13.2. The smallest absolute Gasteiger partial charge is 0.140 e. The number of nitrogens with two attached hydrogens (primary N) is 1. The third-order valence-corrected chi connectivity index (χ3v) is 5.26. The molecule has 0 spiro atoms. The van der Waals surface area contributed by atoms with Crippen molar-refractivity contribution in [1.82, 2.24) is 15.2 Å². The quantitative estimate of drug-likeness (QED) is 0.532. The summed E-state index contributed by atoms with van der Waals surface area (Å²) >= 11 is 0. The fourth-order valence-electron chi connectivity index (χ4n) is 3.18. The van der Waals surface area contributed by atoms with Crippen LogP contribution in [0.3, 0.4) is 0 Å². The van der Waals surface area contributed by atoms with E-state index in [0.717, 1.165) is 59.2 Å². The van der Waals surface area contributed by atoms with Crippen LogP contribution in [0.2, 0.25) is 0 Å². The molecular formula is C20H27Cl3N4O. The van der Waals surface area contributed by atoms with Gasteiger partial charge in [-0.1, -0.05) is 19.9 Å². The number of pyridine rings is 1. The van der Waals surface area contributed by atoms with Gasteiger partial charge in [-0.05, 0) is 49.4 Å². The van der Waals surface area contributed by atoms with Crippen molar-refractivity contribution in [1.29, 1.82) is 0 Å². The molecule has 2 aromatic heterocycles. The monoisotopic (exact) mass is 444 g/mol. The minimum atomic E-state index is -0.312. The van der Waals surface area contributed by atoms with Gasteiger partial charge in [-0.25, -0.2) is 0 Å². The van der Waals surface area contributed by atoms with E-state index in [2.05, 4.69) is 36.2 Å². The molecule has 28 heavy (non-hydrogen) atoms. The van der Waals surface area contributed by atoms with Crippen molar-refractivity contribution < 1.29 is 4.74 Å². The summed E-state index contributed by atoms with van der Waals surface area (Å²) in [5.41, 5.74) is 10.1. The van der Waals surface area contributed by atoms with Crippen LogP contribution in [0.5, 0.6) is 5.75 Å². The molecule has 1 fully saturated rings. The molecule has 1 aromatic carbocycles. The maximum atomic E-state index is 6.49. The fraction of sp³-hybridized carbons (Fsp3) is 0.400. The Kier molecular flexibility index (Phi) is 8.57. The number of fused-ring (bicyclic) bond motifs is 1. The molecule has 154 valence electrons. The van der Waals surface area contributed by atoms with E-state index in [1.165, 1.54) is 0 Å². The van der Waals surface area contributed by atoms with Crippen LogP contribution >= 0.6 is 37.2 Å². The topological polar surface area (TPSA) is 76.8 Å². The van der Waals surface area contributed by atoms with Gasteiger partial charge in [-0.15, -0.1) is 37.2 Å². The summed E-state index contributed by atoms with van der Waals surface area (Å²) in [6, 6.07) is 8.22. The van der Waals surface area contributed by atoms with Crippen molar-refractivity contribution in [2.75, 3.05) is 0 Å². The first-order valence-corrected chi connectivity index (χ1v) is 9.03. The van der Waals surface area contributed by atoms with Gasteiger partial charge in [0.25, 0.3) is 0 Å². The Bertz CT molecular complexity index is 890. The summed E-state index contributed by atoms with van der Waals surface area (Å²) < 4.78 is 6.20. The second kappa shape index (κ2) is 9.79. The van der Waals surface area contributed by atoms with Gasteiger partial charge in [0.05, 0.1) is 28.9 Å². The number of aromatic nitrogens is 3. The summed E-state index contributed by atoms with van der Waals surface area (Å²) in [5.74, 6) is 0.874. The number of nitrogens with one attached hydrogen (secondary N) is 1. The molecule has 0 saturated heterocycles. The number of H-pyrrole nitrogens is 1. The SMILES string of the molecule is CCC(N)(CC)c1ccc(-c2ccc3[nH]ncc3c2OC2CC2)nc1.Cl.Cl.Cl. The van der Waals surface area contributed by atoms with Crippen molar-refractivity contribution in [3.63, 3.8) is 0 Å². The molecule has 2 heterocycles. The molecule has 0 amide bonds. The predicted octanol–water partition coefficient (Wildman–Crippen LogP) is 5.41. The highest BCUT2D eigenvalue weighted by atomic mass is 35.5. The minimum Gasteiger partial charge on any atom is -0.489 e. The van der Waals surface area contributed by atoms with E-state index in [4.69, 9.17) is 15.5 Å². The summed E-state index contributed by atoms with van der Waals surface area (Å²) in [4.78, 5) is 4.70. The number of hydrogen-bond donors (Lipinski definition) is 2. The van der Waals surface area contributed by atoms with E-state index in [9.17, 15) is 0 Å². The van der Waals surface area contributed by atoms with Crippen molar-refractivity contribution in [2.24, 2.45) is 5.73 Å². The summed E-state index contributed by atoms with van der Waals surface area (Å²) in [5, 5.41) is 8.17. The Balaban J connectivity index is 0.00000131. The summed E-state index contributed by atoms with van der Waals surface area (Å²) in [7, 11) is 0. The molecule has 0 radical (unpaired) electrons. The molecule has 8 heteroatoms. The van der Waals surface area contributed by atoms with Crippen LogP contribution in [0.25, 0.3) is 22.2 Å². The average Bonchev–Trinajstić information content (AvgIpc) is 3.34. The Hall–Kier alpha value is -1.53. The van der Waals surface area contributed by atoms with Gasteiger partial charge >= 0.3 is 0 Å². The number of ether oxygens (including phenoxy) is 1. The molecule has 1 aliphatic carbocycles. The lowest BCUT2D eigenvalue weighted by molar-refractivity contribution is 0.308. The van der Waals surface area contributed by atoms with Crippen LogP contribution in [-0.4, -0.2) is 21.3 Å². The molecule has 0 aliphatic heterocycles. The standard InChI is InChI=1S/C20H24N4O.3ClH/c1-3-20(21,4-2)13-5-9-17(22-11-13)15-8-10-18-16(12-23-24-18)19(15)25-14-6-7-14;;;/h5,8-12,14H,3-4,6-7,21H2,1-2H3,(H,23,24);3*1H. The molecule has 0 bridgehead atoms. The number of benzene rings is 1. The van der Waals surface area contributed by atoms with Gasteiger partial charge in [0.15, 0.2) is 0 Å². The number of hydrogen-bond acceptors (Lipinski definition) is 4. The maximum Gasteiger partial charge on any atom is 0.140 e. The van der Waals surface area contributed by atoms with Gasteiger partial charge in [-0.3, -0.25) is 10.1 Å². The Morgan fingerprint density at radius 2 is 1.79 bits per heavy atom. The second-order valence-corrected chi connectivity index (χ2v) is 6.89. The number of halogens is 3. The second-order valence-electron chi connectivity index (χ2n) is 6.89. The van der Waals surface area contributed by atoms with E-state index < -0.39 is 0 Å². The largest absolute Gasteiger partial charge is 0.489 e. The van der Waals surface area contributed by atoms with Crippen molar-refractivity contribution in [3.05, 3.63) is 42.2 Å². The predicted molar refractivity (Wildman–Crippen MR) is 121 cm³/mol. The third kappa shape index (κ3) is 4.54. The van der Waals surface area contributed by atoms with Crippen molar-refractivity contribution >= 4 is 48.1 Å². The maximum absolute atomic E-state index is 6.49. The Morgan fingerprint density at radius 3 is 2.36 bits per heavy atom. The zero-order valence-corrected chi connectivity index (χ0v) is 18.4. The molecule has 5 nitrogen and oxygen atoms in total. The molecular weight excluding hydrogens is 419 g/mol. The molecule has 0 atom stereocenters. The van der Waals surface area contributed by atoms with Gasteiger partial charge in [-0.2, -0.15) is 5.10 Å². The fourth-order valence-corrected chi connectivity index (χ4v) is 3.18. The van der Waals surface area contributed by atoms with E-state index >= 15 is 0 Å². The van der Waals surface area contributed by atoms with Gasteiger partial charge in [0, 0.05) is 17.3 Å². The summed E-state index contributed by atoms with van der Waals surface area (Å²) in [6.07, 6.45) is 8.05. The summed E-state index contributed by atoms with van der Waals surface area (Å²) in [6.45, 7) is 4.23. The van der Waals surface area contributed by atoms with E-state index in [-0.39, 0.29) is 42.8 Å². The first-order valence-electron chi connectivity index (χ1n) is 9.03. The molecule has 4 rings (SSSR count). The van der Waals surface area contributed by atoms with Gasteiger partial charge in [0.1, 0.15) is 5.75 Å². The van der Waals surface area contributed by atoms with E-state index in [1.807, 2.05) is 24.5 Å². The number of rotatable bonds is 6. The van der Waals surface area contributed by atoms with Crippen LogP contribution in [0.4, 0.5) is 0 Å². The molecule has 1 saturated carbocycles. The van der Waals surface area contributed by atoms with E-state index in [1.54, 1.807) is 0 Å². The van der Waals surface area contributed by atoms with Crippen LogP contribution in [-0.2, 0) is 5.54 Å². The van der Waals surface area contributed by atoms with Gasteiger partial charge < -0.3 is 10.5 Å². The number of nitrogens with zero attached hydrogens (tertiary/aromatic N) is 2. The van der Waals surface area contributed by atoms with Crippen molar-refractivity contribution in [3.8, 4) is 17.0 Å². The molecule has 3 N–H and O–H groups in total. The van der Waals surface area contributed by atoms with Crippen LogP contribution in [0.15, 0.2) is 36.7 Å². The Morgan fingerprint density at radius 1 is 1.07 bits per heavy atom. The van der Waals surface area contributed by atoms with Crippen LogP contribution in [0.1, 0.15) is 45.1 Å². The highest BCUT2D eigenvalue weighted by Crippen LogP contribution is 2.39.